The lowest BCUT2D eigenvalue weighted by atomic mass is 9.72. The third kappa shape index (κ3) is 5.46. The minimum atomic E-state index is 0.233. The van der Waals surface area contributed by atoms with Gasteiger partial charge in [0.15, 0.2) is 0 Å². The van der Waals surface area contributed by atoms with Crippen molar-refractivity contribution in [3.05, 3.63) is 18.0 Å². The average molecular weight is 291 g/mol. The van der Waals surface area contributed by atoms with Crippen LogP contribution in [0.2, 0.25) is 0 Å². The molecule has 120 valence electrons. The van der Waals surface area contributed by atoms with E-state index in [0.29, 0.717) is 0 Å². The maximum absolute atomic E-state index is 4.29. The monoisotopic (exact) mass is 291 g/mol. The fraction of sp³-hybridized carbons (Fsp3) is 0.833. The van der Waals surface area contributed by atoms with Gasteiger partial charge in [-0.05, 0) is 76.3 Å². The number of rotatable bonds is 5. The third-order valence-corrected chi connectivity index (χ3v) is 4.86. The number of aryl methyl sites for hydroxylation is 2. The van der Waals surface area contributed by atoms with Crippen LogP contribution in [0.3, 0.4) is 0 Å². The van der Waals surface area contributed by atoms with Crippen molar-refractivity contribution in [1.29, 1.82) is 0 Å². The lowest BCUT2D eigenvalue weighted by Crippen LogP contribution is -2.42. The van der Waals surface area contributed by atoms with E-state index in [1.807, 2.05) is 17.9 Å². The third-order valence-electron chi connectivity index (χ3n) is 4.86. The molecule has 21 heavy (non-hydrogen) atoms. The molecule has 0 spiro atoms. The lowest BCUT2D eigenvalue weighted by Gasteiger charge is -2.37. The normalized spacial score (nSPS) is 27.0. The van der Waals surface area contributed by atoms with Crippen LogP contribution in [0.15, 0.2) is 12.4 Å². The first-order valence-electron chi connectivity index (χ1n) is 8.56. The Balaban J connectivity index is 1.88. The van der Waals surface area contributed by atoms with Crippen LogP contribution in [0, 0.1) is 17.8 Å². The SMILES string of the molecule is CC1CCC(CNC(C)(C)C)C(CCc2cnn(C)c2)C1. The highest BCUT2D eigenvalue weighted by atomic mass is 15.2. The van der Waals surface area contributed by atoms with Gasteiger partial charge in [0.05, 0.1) is 6.20 Å². The van der Waals surface area contributed by atoms with Crippen molar-refractivity contribution >= 4 is 0 Å². The molecule has 1 N–H and O–H groups in total. The Morgan fingerprint density at radius 3 is 2.67 bits per heavy atom. The van der Waals surface area contributed by atoms with Gasteiger partial charge in [0, 0.05) is 18.8 Å². The number of hydrogen-bond donors (Lipinski definition) is 1. The van der Waals surface area contributed by atoms with Gasteiger partial charge in [-0.1, -0.05) is 13.3 Å². The zero-order chi connectivity index (χ0) is 15.5. The van der Waals surface area contributed by atoms with Gasteiger partial charge in [0.2, 0.25) is 0 Å². The Labute approximate surface area is 130 Å². The smallest absolute Gasteiger partial charge is 0.0521 e. The molecule has 0 aromatic carbocycles. The van der Waals surface area contributed by atoms with Crippen LogP contribution in [0.4, 0.5) is 0 Å². The maximum atomic E-state index is 4.29. The fourth-order valence-electron chi connectivity index (χ4n) is 3.57. The van der Waals surface area contributed by atoms with E-state index in [0.717, 1.165) is 17.8 Å². The zero-order valence-electron chi connectivity index (χ0n) is 14.5. The van der Waals surface area contributed by atoms with E-state index in [4.69, 9.17) is 0 Å². The minimum Gasteiger partial charge on any atom is -0.312 e. The number of hydrogen-bond acceptors (Lipinski definition) is 2. The molecule has 0 bridgehead atoms. The van der Waals surface area contributed by atoms with Gasteiger partial charge >= 0.3 is 0 Å². The summed E-state index contributed by atoms with van der Waals surface area (Å²) in [4.78, 5) is 0. The van der Waals surface area contributed by atoms with E-state index >= 15 is 0 Å². The fourth-order valence-corrected chi connectivity index (χ4v) is 3.57. The summed E-state index contributed by atoms with van der Waals surface area (Å²) >= 11 is 0. The summed E-state index contributed by atoms with van der Waals surface area (Å²) in [7, 11) is 2.00. The number of nitrogens with zero attached hydrogens (tertiary/aromatic N) is 2. The number of nitrogens with one attached hydrogen (secondary N) is 1. The van der Waals surface area contributed by atoms with Crippen LogP contribution in [0.25, 0.3) is 0 Å². The molecule has 3 nitrogen and oxygen atoms in total. The number of aromatic nitrogens is 2. The van der Waals surface area contributed by atoms with Crippen molar-refractivity contribution in [3.63, 3.8) is 0 Å². The largest absolute Gasteiger partial charge is 0.312 e. The van der Waals surface area contributed by atoms with Crippen LogP contribution in [-0.2, 0) is 13.5 Å². The van der Waals surface area contributed by atoms with Gasteiger partial charge in [-0.3, -0.25) is 4.68 Å². The Hall–Kier alpha value is -0.830. The van der Waals surface area contributed by atoms with Crippen molar-refractivity contribution < 1.29 is 0 Å². The molecule has 1 saturated carbocycles. The molecule has 1 aromatic rings. The Morgan fingerprint density at radius 1 is 1.29 bits per heavy atom. The van der Waals surface area contributed by atoms with Crippen LogP contribution < -0.4 is 5.32 Å². The van der Waals surface area contributed by atoms with E-state index in [2.05, 4.69) is 44.3 Å². The lowest BCUT2D eigenvalue weighted by molar-refractivity contribution is 0.166. The first kappa shape index (κ1) is 16.5. The van der Waals surface area contributed by atoms with Crippen LogP contribution >= 0.6 is 0 Å². The quantitative estimate of drug-likeness (QED) is 0.894. The van der Waals surface area contributed by atoms with Gasteiger partial charge in [-0.15, -0.1) is 0 Å². The summed E-state index contributed by atoms with van der Waals surface area (Å²) in [5.41, 5.74) is 1.62. The molecular formula is C18H33N3. The molecule has 3 unspecified atom stereocenters. The van der Waals surface area contributed by atoms with E-state index in [-0.39, 0.29) is 5.54 Å². The Kier molecular flexibility index (Phi) is 5.48. The van der Waals surface area contributed by atoms with Crippen LogP contribution in [-0.4, -0.2) is 21.9 Å². The highest BCUT2D eigenvalue weighted by Gasteiger charge is 2.29. The highest BCUT2D eigenvalue weighted by molar-refractivity contribution is 5.04. The summed E-state index contributed by atoms with van der Waals surface area (Å²) < 4.78 is 1.91. The highest BCUT2D eigenvalue weighted by Crippen LogP contribution is 2.36. The maximum Gasteiger partial charge on any atom is 0.0521 e. The minimum absolute atomic E-state index is 0.233. The van der Waals surface area contributed by atoms with Crippen molar-refractivity contribution in [3.8, 4) is 0 Å². The zero-order valence-corrected chi connectivity index (χ0v) is 14.5. The predicted octanol–water partition coefficient (Wildman–Crippen LogP) is 3.79. The summed E-state index contributed by atoms with van der Waals surface area (Å²) in [5.74, 6) is 2.61. The predicted molar refractivity (Wildman–Crippen MR) is 89.3 cm³/mol. The van der Waals surface area contributed by atoms with E-state index in [9.17, 15) is 0 Å². The molecule has 0 aliphatic heterocycles. The van der Waals surface area contributed by atoms with Crippen LogP contribution in [0.5, 0.6) is 0 Å². The summed E-state index contributed by atoms with van der Waals surface area (Å²) in [5, 5.41) is 8.01. The Morgan fingerprint density at radius 2 is 2.05 bits per heavy atom. The summed E-state index contributed by atoms with van der Waals surface area (Å²) in [6, 6.07) is 0. The molecule has 0 radical (unpaired) electrons. The average Bonchev–Trinajstić information content (AvgIpc) is 2.80. The second-order valence-electron chi connectivity index (χ2n) is 8.13. The molecule has 2 rings (SSSR count). The topological polar surface area (TPSA) is 29.9 Å². The van der Waals surface area contributed by atoms with Gasteiger partial charge in [0.1, 0.15) is 0 Å². The van der Waals surface area contributed by atoms with Gasteiger partial charge < -0.3 is 5.32 Å². The van der Waals surface area contributed by atoms with Gasteiger partial charge in [-0.25, -0.2) is 0 Å². The van der Waals surface area contributed by atoms with Gasteiger partial charge in [0.25, 0.3) is 0 Å². The molecule has 1 heterocycles. The molecule has 0 saturated heterocycles. The molecule has 1 aliphatic carbocycles. The van der Waals surface area contributed by atoms with Crippen LogP contribution in [0.1, 0.15) is 58.9 Å². The van der Waals surface area contributed by atoms with E-state index < -0.39 is 0 Å². The summed E-state index contributed by atoms with van der Waals surface area (Å²) in [6.45, 7) is 10.4. The molecular weight excluding hydrogens is 258 g/mol. The van der Waals surface area contributed by atoms with Gasteiger partial charge in [-0.2, -0.15) is 5.10 Å². The van der Waals surface area contributed by atoms with Crippen molar-refractivity contribution in [2.45, 2.75) is 65.3 Å². The Bertz CT molecular complexity index is 430. The second-order valence-corrected chi connectivity index (χ2v) is 8.13. The first-order valence-corrected chi connectivity index (χ1v) is 8.56. The van der Waals surface area contributed by atoms with Crippen molar-refractivity contribution in [2.24, 2.45) is 24.8 Å². The second kappa shape index (κ2) is 6.95. The molecule has 3 heteroatoms. The van der Waals surface area contributed by atoms with E-state index in [1.165, 1.54) is 44.2 Å². The molecule has 1 aromatic heterocycles. The summed E-state index contributed by atoms with van der Waals surface area (Å²) in [6.07, 6.45) is 10.9. The molecule has 1 aliphatic rings. The van der Waals surface area contributed by atoms with Crippen molar-refractivity contribution in [1.82, 2.24) is 15.1 Å². The first-order chi connectivity index (χ1) is 9.83. The molecule has 1 fully saturated rings. The molecule has 3 atom stereocenters. The van der Waals surface area contributed by atoms with E-state index in [1.54, 1.807) is 0 Å². The standard InChI is InChI=1S/C18H33N3/c1-14-6-8-17(12-19-18(2,3)4)16(10-14)9-7-15-11-20-21(5)13-15/h11,13-14,16-17,19H,6-10,12H2,1-5H3. The van der Waals surface area contributed by atoms with Crippen molar-refractivity contribution in [2.75, 3.05) is 6.54 Å². The molecule has 0 amide bonds.